The van der Waals surface area contributed by atoms with Gasteiger partial charge in [0, 0.05) is 11.3 Å². The van der Waals surface area contributed by atoms with E-state index in [4.69, 9.17) is 0 Å². The minimum atomic E-state index is 1.04. The van der Waals surface area contributed by atoms with Gasteiger partial charge in [0.15, 0.2) is 0 Å². The molecule has 0 N–H and O–H groups in total. The molecule has 0 nitrogen and oxygen atoms in total. The molecule has 0 aliphatic carbocycles. The van der Waals surface area contributed by atoms with Gasteiger partial charge in [0.05, 0.1) is 0 Å². The highest BCUT2D eigenvalue weighted by Crippen LogP contribution is 2.15. The fourth-order valence-electron chi connectivity index (χ4n) is 1.39. The Hall–Kier alpha value is -1.34. The molecular weight excluding hydrogens is 188 g/mol. The lowest BCUT2D eigenvalue weighted by atomic mass is 10.1. The van der Waals surface area contributed by atoms with Crippen molar-refractivity contribution in [3.05, 3.63) is 64.4 Å². The number of rotatable bonds is 3. The van der Waals surface area contributed by atoms with Crippen molar-refractivity contribution in [3.63, 3.8) is 0 Å². The minimum Gasteiger partial charge on any atom is -0.149 e. The lowest BCUT2D eigenvalue weighted by Crippen LogP contribution is -1.83. The summed E-state index contributed by atoms with van der Waals surface area (Å²) in [5.74, 6) is 0. The van der Waals surface area contributed by atoms with Gasteiger partial charge in [-0.25, -0.2) is 0 Å². The van der Waals surface area contributed by atoms with Crippen LogP contribution in [0.4, 0.5) is 0 Å². The van der Waals surface area contributed by atoms with Crippen LogP contribution in [-0.4, -0.2) is 0 Å². The summed E-state index contributed by atoms with van der Waals surface area (Å²) in [5.41, 5.74) is 2.54. The highest BCUT2D eigenvalue weighted by Gasteiger charge is 1.96. The first kappa shape index (κ1) is 9.22. The summed E-state index contributed by atoms with van der Waals surface area (Å²) in [6.07, 6.45) is 2.91. The van der Waals surface area contributed by atoms with Crippen LogP contribution in [0.5, 0.6) is 0 Å². The molecule has 0 aliphatic rings. The molecule has 0 fully saturated rings. The van der Waals surface area contributed by atoms with E-state index in [0.717, 1.165) is 6.42 Å². The summed E-state index contributed by atoms with van der Waals surface area (Å²) in [6, 6.07) is 12.8. The van der Waals surface area contributed by atoms with Crippen molar-refractivity contribution < 1.29 is 0 Å². The molecular formula is C13H12S. The molecule has 2 rings (SSSR count). The van der Waals surface area contributed by atoms with Crippen LogP contribution in [0, 0.1) is 0 Å². The molecule has 0 spiro atoms. The topological polar surface area (TPSA) is 0 Å². The first-order valence-corrected chi connectivity index (χ1v) is 5.50. The van der Waals surface area contributed by atoms with E-state index < -0.39 is 0 Å². The Bertz CT molecular complexity index is 395. The summed E-state index contributed by atoms with van der Waals surface area (Å²) >= 11 is 1.81. The van der Waals surface area contributed by atoms with E-state index >= 15 is 0 Å². The molecule has 0 unspecified atom stereocenters. The van der Waals surface area contributed by atoms with Gasteiger partial charge in [0.1, 0.15) is 0 Å². The van der Waals surface area contributed by atoms with Crippen molar-refractivity contribution in [2.75, 3.05) is 0 Å². The van der Waals surface area contributed by atoms with E-state index in [1.54, 1.807) is 0 Å². The van der Waals surface area contributed by atoms with E-state index in [2.05, 4.69) is 48.4 Å². The Kier molecular flexibility index (Phi) is 2.80. The standard InChI is InChI=1S/C13H12S/c1-2-11-5-7-12(8-6-11)10-13-4-3-9-14-13/h2-9H,1,10H2. The maximum absolute atomic E-state index is 3.74. The smallest absolute Gasteiger partial charge is 0.00890 e. The van der Waals surface area contributed by atoms with Crippen molar-refractivity contribution in [3.8, 4) is 0 Å². The summed E-state index contributed by atoms with van der Waals surface area (Å²) in [6.45, 7) is 3.74. The Morgan fingerprint density at radius 3 is 2.50 bits per heavy atom. The van der Waals surface area contributed by atoms with Crippen LogP contribution in [0.15, 0.2) is 48.4 Å². The van der Waals surface area contributed by atoms with E-state index in [1.807, 2.05) is 17.4 Å². The fraction of sp³-hybridized carbons (Fsp3) is 0.0769. The SMILES string of the molecule is C=Cc1ccc(Cc2cccs2)cc1. The molecule has 0 atom stereocenters. The molecule has 0 saturated carbocycles. The average Bonchev–Trinajstić information content (AvgIpc) is 2.72. The Labute approximate surface area is 88.5 Å². The molecule has 70 valence electrons. The van der Waals surface area contributed by atoms with Crippen LogP contribution in [0.1, 0.15) is 16.0 Å². The van der Waals surface area contributed by atoms with Crippen molar-refractivity contribution in [2.45, 2.75) is 6.42 Å². The quantitative estimate of drug-likeness (QED) is 0.703. The zero-order valence-electron chi connectivity index (χ0n) is 7.94. The molecule has 0 saturated heterocycles. The summed E-state index contributed by atoms with van der Waals surface area (Å²) < 4.78 is 0. The second-order valence-corrected chi connectivity index (χ2v) is 4.23. The highest BCUT2D eigenvalue weighted by atomic mass is 32.1. The van der Waals surface area contributed by atoms with E-state index in [9.17, 15) is 0 Å². The molecule has 14 heavy (non-hydrogen) atoms. The largest absolute Gasteiger partial charge is 0.149 e. The van der Waals surface area contributed by atoms with Crippen molar-refractivity contribution in [2.24, 2.45) is 0 Å². The van der Waals surface area contributed by atoms with Gasteiger partial charge >= 0.3 is 0 Å². The van der Waals surface area contributed by atoms with Crippen molar-refractivity contribution in [1.82, 2.24) is 0 Å². The van der Waals surface area contributed by atoms with Gasteiger partial charge in [-0.1, -0.05) is 43.0 Å². The lowest BCUT2D eigenvalue weighted by Gasteiger charge is -1.99. The van der Waals surface area contributed by atoms with Gasteiger partial charge in [-0.15, -0.1) is 11.3 Å². The maximum Gasteiger partial charge on any atom is 0.00890 e. The van der Waals surface area contributed by atoms with Crippen LogP contribution in [-0.2, 0) is 6.42 Å². The second-order valence-electron chi connectivity index (χ2n) is 3.20. The fourth-order valence-corrected chi connectivity index (χ4v) is 2.12. The van der Waals surface area contributed by atoms with Gasteiger partial charge in [-0.3, -0.25) is 0 Å². The van der Waals surface area contributed by atoms with Crippen LogP contribution < -0.4 is 0 Å². The highest BCUT2D eigenvalue weighted by molar-refractivity contribution is 7.09. The molecule has 1 heterocycles. The van der Waals surface area contributed by atoms with Crippen molar-refractivity contribution in [1.29, 1.82) is 0 Å². The molecule has 2 aromatic rings. The second kappa shape index (κ2) is 4.25. The normalized spacial score (nSPS) is 10.0. The third kappa shape index (κ3) is 2.12. The van der Waals surface area contributed by atoms with Gasteiger partial charge in [0.25, 0.3) is 0 Å². The van der Waals surface area contributed by atoms with E-state index in [-0.39, 0.29) is 0 Å². The van der Waals surface area contributed by atoms with Gasteiger partial charge in [0.2, 0.25) is 0 Å². The Morgan fingerprint density at radius 2 is 1.93 bits per heavy atom. The summed E-state index contributed by atoms with van der Waals surface area (Å²) in [5, 5.41) is 2.12. The summed E-state index contributed by atoms with van der Waals surface area (Å²) in [7, 11) is 0. The first-order valence-electron chi connectivity index (χ1n) is 4.62. The van der Waals surface area contributed by atoms with Gasteiger partial charge in [-0.2, -0.15) is 0 Å². The molecule has 0 aliphatic heterocycles. The monoisotopic (exact) mass is 200 g/mol. The Morgan fingerprint density at radius 1 is 1.14 bits per heavy atom. The molecule has 1 aromatic heterocycles. The van der Waals surface area contributed by atoms with E-state index in [0.29, 0.717) is 0 Å². The minimum absolute atomic E-state index is 1.04. The molecule has 1 heteroatoms. The number of hydrogen-bond acceptors (Lipinski definition) is 1. The average molecular weight is 200 g/mol. The molecule has 1 aromatic carbocycles. The molecule has 0 amide bonds. The van der Waals surface area contributed by atoms with Crippen LogP contribution in [0.25, 0.3) is 6.08 Å². The number of thiophene rings is 1. The van der Waals surface area contributed by atoms with Gasteiger partial charge < -0.3 is 0 Å². The van der Waals surface area contributed by atoms with Crippen molar-refractivity contribution >= 4 is 17.4 Å². The maximum atomic E-state index is 3.74. The predicted molar refractivity (Wildman–Crippen MR) is 63.7 cm³/mol. The Balaban J connectivity index is 2.14. The third-order valence-electron chi connectivity index (χ3n) is 2.17. The molecule has 0 radical (unpaired) electrons. The van der Waals surface area contributed by atoms with Crippen LogP contribution in [0.3, 0.4) is 0 Å². The zero-order chi connectivity index (χ0) is 9.80. The first-order chi connectivity index (χ1) is 6.88. The van der Waals surface area contributed by atoms with Gasteiger partial charge in [-0.05, 0) is 22.6 Å². The van der Waals surface area contributed by atoms with Crippen LogP contribution in [0.2, 0.25) is 0 Å². The lowest BCUT2D eigenvalue weighted by molar-refractivity contribution is 1.24. The van der Waals surface area contributed by atoms with E-state index in [1.165, 1.54) is 16.0 Å². The van der Waals surface area contributed by atoms with Crippen LogP contribution >= 0.6 is 11.3 Å². The molecule has 0 bridgehead atoms. The summed E-state index contributed by atoms with van der Waals surface area (Å²) in [4.78, 5) is 1.41. The zero-order valence-corrected chi connectivity index (χ0v) is 8.76. The predicted octanol–water partition coefficient (Wildman–Crippen LogP) is 3.98. The third-order valence-corrected chi connectivity index (χ3v) is 3.05. The number of benzene rings is 1. The number of hydrogen-bond donors (Lipinski definition) is 0.